The minimum absolute atomic E-state index is 0.795. The van der Waals surface area contributed by atoms with Gasteiger partial charge in [-0.1, -0.05) is 19.9 Å². The van der Waals surface area contributed by atoms with E-state index in [1.54, 1.807) is 0 Å². The summed E-state index contributed by atoms with van der Waals surface area (Å²) in [6, 6.07) is 4.27. The van der Waals surface area contributed by atoms with E-state index in [9.17, 15) is 0 Å². The van der Waals surface area contributed by atoms with Crippen molar-refractivity contribution in [1.82, 2.24) is 4.90 Å². The van der Waals surface area contributed by atoms with Crippen LogP contribution in [0.3, 0.4) is 0 Å². The lowest BCUT2D eigenvalue weighted by Gasteiger charge is -2.18. The van der Waals surface area contributed by atoms with Crippen LogP contribution < -0.4 is 4.74 Å². The molecule has 0 saturated heterocycles. The SMILES string of the molecule is CCN(CC)CCCCOc1c(C)cc(C)cc1Br. The summed E-state index contributed by atoms with van der Waals surface area (Å²) < 4.78 is 6.97. The fourth-order valence-electron chi connectivity index (χ4n) is 2.24. The van der Waals surface area contributed by atoms with Gasteiger partial charge in [0.25, 0.3) is 0 Å². The van der Waals surface area contributed by atoms with Crippen LogP contribution in [0.2, 0.25) is 0 Å². The van der Waals surface area contributed by atoms with E-state index in [4.69, 9.17) is 4.74 Å². The molecule has 0 spiro atoms. The van der Waals surface area contributed by atoms with E-state index in [1.807, 2.05) is 0 Å². The molecule has 0 aliphatic heterocycles. The van der Waals surface area contributed by atoms with Crippen molar-refractivity contribution in [2.45, 2.75) is 40.5 Å². The quantitative estimate of drug-likeness (QED) is 0.648. The van der Waals surface area contributed by atoms with Gasteiger partial charge in [-0.2, -0.15) is 0 Å². The number of rotatable bonds is 8. The van der Waals surface area contributed by atoms with E-state index in [2.05, 4.69) is 60.7 Å². The number of hydrogen-bond donors (Lipinski definition) is 0. The van der Waals surface area contributed by atoms with Crippen LogP contribution in [0, 0.1) is 13.8 Å². The fraction of sp³-hybridized carbons (Fsp3) is 0.625. The van der Waals surface area contributed by atoms with Gasteiger partial charge in [-0.3, -0.25) is 0 Å². The second kappa shape index (κ2) is 8.60. The lowest BCUT2D eigenvalue weighted by Crippen LogP contribution is -2.24. The van der Waals surface area contributed by atoms with Gasteiger partial charge in [-0.25, -0.2) is 0 Å². The Labute approximate surface area is 126 Å². The maximum atomic E-state index is 5.91. The third-order valence-corrected chi connectivity index (χ3v) is 3.97. The molecule has 19 heavy (non-hydrogen) atoms. The van der Waals surface area contributed by atoms with Crippen molar-refractivity contribution in [2.24, 2.45) is 0 Å². The molecule has 0 aliphatic rings. The summed E-state index contributed by atoms with van der Waals surface area (Å²) in [6.45, 7) is 12.9. The third kappa shape index (κ3) is 5.53. The molecule has 3 heteroatoms. The smallest absolute Gasteiger partial charge is 0.136 e. The predicted octanol–water partition coefficient (Wildman–Crippen LogP) is 4.57. The van der Waals surface area contributed by atoms with Crippen molar-refractivity contribution in [3.8, 4) is 5.75 Å². The van der Waals surface area contributed by atoms with E-state index < -0.39 is 0 Å². The first-order chi connectivity index (χ1) is 9.08. The number of unbranched alkanes of at least 4 members (excludes halogenated alkanes) is 1. The van der Waals surface area contributed by atoms with Gasteiger partial charge in [0.2, 0.25) is 0 Å². The molecule has 0 heterocycles. The Morgan fingerprint density at radius 3 is 2.37 bits per heavy atom. The largest absolute Gasteiger partial charge is 0.492 e. The highest BCUT2D eigenvalue weighted by Crippen LogP contribution is 2.30. The van der Waals surface area contributed by atoms with Crippen LogP contribution in [0.15, 0.2) is 16.6 Å². The van der Waals surface area contributed by atoms with E-state index in [-0.39, 0.29) is 0 Å². The lowest BCUT2D eigenvalue weighted by atomic mass is 10.1. The minimum atomic E-state index is 0.795. The molecule has 0 aromatic heterocycles. The summed E-state index contributed by atoms with van der Waals surface area (Å²) in [5, 5.41) is 0. The number of aryl methyl sites for hydroxylation is 2. The molecule has 0 radical (unpaired) electrons. The Morgan fingerprint density at radius 2 is 1.79 bits per heavy atom. The summed E-state index contributed by atoms with van der Waals surface area (Å²) in [7, 11) is 0. The van der Waals surface area contributed by atoms with E-state index >= 15 is 0 Å². The van der Waals surface area contributed by atoms with Crippen LogP contribution in [0.25, 0.3) is 0 Å². The van der Waals surface area contributed by atoms with E-state index in [0.717, 1.165) is 36.3 Å². The Kier molecular flexibility index (Phi) is 7.47. The zero-order chi connectivity index (χ0) is 14.3. The molecule has 0 aliphatic carbocycles. The van der Waals surface area contributed by atoms with Gasteiger partial charge in [0.1, 0.15) is 5.75 Å². The van der Waals surface area contributed by atoms with Crippen LogP contribution in [-0.4, -0.2) is 31.1 Å². The molecule has 0 atom stereocenters. The van der Waals surface area contributed by atoms with Gasteiger partial charge < -0.3 is 9.64 Å². The summed E-state index contributed by atoms with van der Waals surface area (Å²) >= 11 is 3.58. The van der Waals surface area contributed by atoms with Gasteiger partial charge in [-0.15, -0.1) is 0 Å². The fourth-order valence-corrected chi connectivity index (χ4v) is 3.03. The van der Waals surface area contributed by atoms with Gasteiger partial charge >= 0.3 is 0 Å². The first-order valence-corrected chi connectivity index (χ1v) is 7.99. The van der Waals surface area contributed by atoms with Gasteiger partial charge in [0.15, 0.2) is 0 Å². The molecule has 0 unspecified atom stereocenters. The van der Waals surface area contributed by atoms with Gasteiger partial charge in [0, 0.05) is 0 Å². The molecule has 0 bridgehead atoms. The van der Waals surface area contributed by atoms with E-state index in [1.165, 1.54) is 24.1 Å². The summed E-state index contributed by atoms with van der Waals surface area (Å²) in [4.78, 5) is 2.45. The molecule has 0 saturated carbocycles. The Morgan fingerprint density at radius 1 is 1.11 bits per heavy atom. The number of halogens is 1. The van der Waals surface area contributed by atoms with Crippen molar-refractivity contribution in [2.75, 3.05) is 26.2 Å². The second-order valence-corrected chi connectivity index (χ2v) is 5.83. The Hall–Kier alpha value is -0.540. The van der Waals surface area contributed by atoms with Crippen molar-refractivity contribution in [3.63, 3.8) is 0 Å². The predicted molar refractivity (Wildman–Crippen MR) is 86.1 cm³/mol. The molecular weight excluding hydrogens is 302 g/mol. The van der Waals surface area contributed by atoms with Gasteiger partial charge in [0.05, 0.1) is 11.1 Å². The van der Waals surface area contributed by atoms with E-state index in [0.29, 0.717) is 0 Å². The molecule has 108 valence electrons. The highest BCUT2D eigenvalue weighted by Gasteiger charge is 2.06. The van der Waals surface area contributed by atoms with Crippen LogP contribution in [0.4, 0.5) is 0 Å². The molecule has 0 fully saturated rings. The molecule has 0 amide bonds. The second-order valence-electron chi connectivity index (χ2n) is 4.98. The molecule has 1 aromatic carbocycles. The van der Waals surface area contributed by atoms with Gasteiger partial charge in [-0.05, 0) is 79.4 Å². The zero-order valence-corrected chi connectivity index (χ0v) is 14.2. The summed E-state index contributed by atoms with van der Waals surface area (Å²) in [6.07, 6.45) is 2.31. The molecule has 1 rings (SSSR count). The monoisotopic (exact) mass is 327 g/mol. The molecule has 2 nitrogen and oxygen atoms in total. The maximum Gasteiger partial charge on any atom is 0.136 e. The van der Waals surface area contributed by atoms with Crippen molar-refractivity contribution >= 4 is 15.9 Å². The minimum Gasteiger partial charge on any atom is -0.492 e. The average molecular weight is 328 g/mol. The lowest BCUT2D eigenvalue weighted by molar-refractivity contribution is 0.264. The van der Waals surface area contributed by atoms with Crippen LogP contribution >= 0.6 is 15.9 Å². The maximum absolute atomic E-state index is 5.91. The average Bonchev–Trinajstić information content (AvgIpc) is 2.36. The topological polar surface area (TPSA) is 12.5 Å². The van der Waals surface area contributed by atoms with Crippen molar-refractivity contribution in [1.29, 1.82) is 0 Å². The highest BCUT2D eigenvalue weighted by atomic mass is 79.9. The zero-order valence-electron chi connectivity index (χ0n) is 12.6. The summed E-state index contributed by atoms with van der Waals surface area (Å²) in [5.74, 6) is 0.994. The molecular formula is C16H26BrNO. The third-order valence-electron chi connectivity index (χ3n) is 3.38. The normalized spacial score (nSPS) is 11.1. The standard InChI is InChI=1S/C16H26BrNO/c1-5-18(6-2)9-7-8-10-19-16-14(4)11-13(3)12-15(16)17/h11-12H,5-10H2,1-4H3. The first-order valence-electron chi connectivity index (χ1n) is 7.20. The van der Waals surface area contributed by atoms with Crippen LogP contribution in [-0.2, 0) is 0 Å². The van der Waals surface area contributed by atoms with Crippen LogP contribution in [0.1, 0.15) is 37.8 Å². The number of nitrogens with zero attached hydrogens (tertiary/aromatic N) is 1. The Bertz CT molecular complexity index is 365. The Balaban J connectivity index is 2.34. The number of ether oxygens (including phenoxy) is 1. The number of benzene rings is 1. The van der Waals surface area contributed by atoms with Crippen molar-refractivity contribution in [3.05, 3.63) is 27.7 Å². The number of hydrogen-bond acceptors (Lipinski definition) is 2. The molecule has 1 aromatic rings. The molecule has 0 N–H and O–H groups in total. The first kappa shape index (κ1) is 16.5. The summed E-state index contributed by atoms with van der Waals surface area (Å²) in [5.41, 5.74) is 2.47. The van der Waals surface area contributed by atoms with Crippen molar-refractivity contribution < 1.29 is 4.74 Å². The van der Waals surface area contributed by atoms with Crippen LogP contribution in [0.5, 0.6) is 5.75 Å². The highest BCUT2D eigenvalue weighted by molar-refractivity contribution is 9.10.